The molecule has 0 N–H and O–H groups in total. The van der Waals surface area contributed by atoms with Crippen LogP contribution in [-0.4, -0.2) is 24.1 Å². The van der Waals surface area contributed by atoms with Crippen LogP contribution < -0.4 is 0 Å². The van der Waals surface area contributed by atoms with Crippen LogP contribution in [0.15, 0.2) is 249 Å². The van der Waals surface area contributed by atoms with Gasteiger partial charge in [-0.1, -0.05) is 188 Å². The van der Waals surface area contributed by atoms with E-state index >= 15 is 0 Å². The third kappa shape index (κ3) is 6.68. The Morgan fingerprint density at radius 1 is 0.221 bits per heavy atom. The molecular formula is C63H41N5. The van der Waals surface area contributed by atoms with Gasteiger partial charge in [-0.05, 0) is 88.5 Å². The lowest BCUT2D eigenvalue weighted by molar-refractivity contribution is 1.06. The Balaban J connectivity index is 1.02. The van der Waals surface area contributed by atoms with Gasteiger partial charge in [-0.15, -0.1) is 0 Å². The summed E-state index contributed by atoms with van der Waals surface area (Å²) >= 11 is 0. The minimum atomic E-state index is 0.595. The summed E-state index contributed by atoms with van der Waals surface area (Å²) in [7, 11) is 0. The van der Waals surface area contributed by atoms with Crippen molar-refractivity contribution in [1.29, 1.82) is 0 Å². The average Bonchev–Trinajstić information content (AvgIpc) is 3.94. The van der Waals surface area contributed by atoms with E-state index in [2.05, 4.69) is 240 Å². The Hall–Kier alpha value is -9.19. The van der Waals surface area contributed by atoms with Crippen LogP contribution in [0.4, 0.5) is 0 Å². The number of aromatic nitrogens is 5. The molecule has 0 aliphatic rings. The van der Waals surface area contributed by atoms with Gasteiger partial charge in [-0.2, -0.15) is 0 Å². The smallest absolute Gasteiger partial charge is 0.166 e. The topological polar surface area (TPSA) is 48.5 Å². The van der Waals surface area contributed by atoms with Crippen molar-refractivity contribution < 1.29 is 0 Å². The maximum atomic E-state index is 5.38. The van der Waals surface area contributed by atoms with Crippen LogP contribution >= 0.6 is 0 Å². The second-order valence-corrected chi connectivity index (χ2v) is 17.2. The number of hydrogen-bond acceptors (Lipinski definition) is 3. The van der Waals surface area contributed by atoms with Gasteiger partial charge in [0.15, 0.2) is 17.5 Å². The van der Waals surface area contributed by atoms with E-state index < -0.39 is 0 Å². The summed E-state index contributed by atoms with van der Waals surface area (Å²) in [6, 6.07) is 88.2. The normalized spacial score (nSPS) is 11.5. The maximum absolute atomic E-state index is 5.38. The number of fused-ring (bicyclic) bond motifs is 6. The summed E-state index contributed by atoms with van der Waals surface area (Å²) in [6.45, 7) is 0. The fourth-order valence-corrected chi connectivity index (χ4v) is 10.0. The first kappa shape index (κ1) is 39.2. The minimum absolute atomic E-state index is 0.595. The summed E-state index contributed by atoms with van der Waals surface area (Å²) in [5.74, 6) is 1.81. The van der Waals surface area contributed by atoms with E-state index in [0.29, 0.717) is 17.5 Å². The fraction of sp³-hybridized carbons (Fsp3) is 0. The van der Waals surface area contributed by atoms with Crippen LogP contribution in [0.5, 0.6) is 0 Å². The van der Waals surface area contributed by atoms with Crippen molar-refractivity contribution in [2.45, 2.75) is 0 Å². The third-order valence-electron chi connectivity index (χ3n) is 13.2. The second-order valence-electron chi connectivity index (χ2n) is 17.2. The zero-order valence-corrected chi connectivity index (χ0v) is 36.9. The Morgan fingerprint density at radius 2 is 0.603 bits per heavy atom. The Morgan fingerprint density at radius 3 is 1.19 bits per heavy atom. The van der Waals surface area contributed by atoms with E-state index in [1.807, 2.05) is 18.2 Å². The van der Waals surface area contributed by atoms with Crippen molar-refractivity contribution in [1.82, 2.24) is 24.1 Å². The molecule has 13 rings (SSSR count). The lowest BCUT2D eigenvalue weighted by Crippen LogP contribution is -2.03. The highest BCUT2D eigenvalue weighted by Crippen LogP contribution is 2.41. The van der Waals surface area contributed by atoms with Crippen molar-refractivity contribution in [3.63, 3.8) is 0 Å². The zero-order valence-electron chi connectivity index (χ0n) is 36.9. The van der Waals surface area contributed by atoms with Gasteiger partial charge >= 0.3 is 0 Å². The van der Waals surface area contributed by atoms with Crippen LogP contribution in [0.25, 0.3) is 123 Å². The molecule has 0 atom stereocenters. The van der Waals surface area contributed by atoms with Gasteiger partial charge in [-0.25, -0.2) is 15.0 Å². The van der Waals surface area contributed by atoms with Crippen molar-refractivity contribution >= 4 is 43.6 Å². The van der Waals surface area contributed by atoms with Gasteiger partial charge < -0.3 is 9.13 Å². The molecule has 0 fully saturated rings. The average molecular weight is 868 g/mol. The summed E-state index contributed by atoms with van der Waals surface area (Å²) in [5.41, 5.74) is 16.1. The van der Waals surface area contributed by atoms with Crippen molar-refractivity contribution in [2.24, 2.45) is 0 Å². The molecule has 0 aliphatic carbocycles. The van der Waals surface area contributed by atoms with Gasteiger partial charge in [0.1, 0.15) is 0 Å². The van der Waals surface area contributed by atoms with Crippen LogP contribution in [0.2, 0.25) is 0 Å². The third-order valence-corrected chi connectivity index (χ3v) is 13.2. The lowest BCUT2D eigenvalue weighted by Gasteiger charge is -2.17. The molecule has 0 radical (unpaired) electrons. The van der Waals surface area contributed by atoms with Gasteiger partial charge in [0.05, 0.1) is 33.4 Å². The molecule has 0 spiro atoms. The molecule has 0 unspecified atom stereocenters. The van der Waals surface area contributed by atoms with E-state index in [0.717, 1.165) is 72.4 Å². The Labute approximate surface area is 393 Å². The molecule has 5 heteroatoms. The maximum Gasteiger partial charge on any atom is 0.166 e. The van der Waals surface area contributed by atoms with E-state index in [9.17, 15) is 0 Å². The molecule has 0 bridgehead atoms. The standard InChI is InChI=1S/C63H41N5/c1-3-19-42(20-4-1)44-23-17-24-45(39-44)46-37-38-60(68-57-34-14-9-29-51(57)52-30-10-15-35-58(52)68)54(41-46)47-25-18-26-48(40-47)62-64-61(43-21-5-2-6-22-43)65-63(66-62)53-31-11-16-36-59(53)67-55-32-12-7-27-49(55)50-28-8-13-33-56(50)67/h1-41H. The minimum Gasteiger partial charge on any atom is -0.309 e. The molecule has 0 amide bonds. The van der Waals surface area contributed by atoms with Crippen LogP contribution in [-0.2, 0) is 0 Å². The van der Waals surface area contributed by atoms with Gasteiger partial charge in [0.2, 0.25) is 0 Å². The molecule has 0 saturated heterocycles. The van der Waals surface area contributed by atoms with E-state index in [-0.39, 0.29) is 0 Å². The van der Waals surface area contributed by atoms with Crippen LogP contribution in [0, 0.1) is 0 Å². The van der Waals surface area contributed by atoms with Gasteiger partial charge in [0, 0.05) is 43.8 Å². The number of rotatable bonds is 8. The molecule has 318 valence electrons. The molecule has 68 heavy (non-hydrogen) atoms. The molecule has 13 aromatic rings. The van der Waals surface area contributed by atoms with Crippen molar-refractivity contribution in [2.75, 3.05) is 0 Å². The van der Waals surface area contributed by atoms with Crippen molar-refractivity contribution in [3.8, 4) is 78.9 Å². The first-order chi connectivity index (χ1) is 33.7. The fourth-order valence-electron chi connectivity index (χ4n) is 10.0. The highest BCUT2D eigenvalue weighted by atomic mass is 15.1. The molecule has 0 saturated carbocycles. The van der Waals surface area contributed by atoms with E-state index in [4.69, 9.17) is 15.0 Å². The Bertz CT molecular complexity index is 3930. The molecule has 10 aromatic carbocycles. The van der Waals surface area contributed by atoms with Gasteiger partial charge in [-0.3, -0.25) is 0 Å². The highest BCUT2D eigenvalue weighted by molar-refractivity contribution is 6.11. The molecule has 0 aliphatic heterocycles. The number of para-hydroxylation sites is 5. The largest absolute Gasteiger partial charge is 0.309 e. The van der Waals surface area contributed by atoms with Gasteiger partial charge in [0.25, 0.3) is 0 Å². The SMILES string of the molecule is c1ccc(-c2cccc(-c3ccc(-n4c5ccccc5c5ccccc54)c(-c4cccc(-c5nc(-c6ccccc6)nc(-c6ccccc6-n6c7ccccc7c7ccccc76)n5)c4)c3)c2)cc1. The predicted octanol–water partition coefficient (Wildman–Crippen LogP) is 16.1. The summed E-state index contributed by atoms with van der Waals surface area (Å²) in [5, 5.41) is 4.83. The quantitative estimate of drug-likeness (QED) is 0.153. The summed E-state index contributed by atoms with van der Waals surface area (Å²) < 4.78 is 4.75. The predicted molar refractivity (Wildman–Crippen MR) is 281 cm³/mol. The monoisotopic (exact) mass is 867 g/mol. The molecule has 3 aromatic heterocycles. The van der Waals surface area contributed by atoms with Crippen molar-refractivity contribution in [3.05, 3.63) is 249 Å². The summed E-state index contributed by atoms with van der Waals surface area (Å²) in [6.07, 6.45) is 0. The molecular weight excluding hydrogens is 827 g/mol. The first-order valence-electron chi connectivity index (χ1n) is 23.0. The lowest BCUT2D eigenvalue weighted by atomic mass is 9.94. The van der Waals surface area contributed by atoms with Crippen LogP contribution in [0.1, 0.15) is 0 Å². The number of nitrogens with zero attached hydrogens (tertiary/aromatic N) is 5. The molecule has 3 heterocycles. The summed E-state index contributed by atoms with van der Waals surface area (Å²) in [4.78, 5) is 15.9. The zero-order chi connectivity index (χ0) is 45.0. The highest BCUT2D eigenvalue weighted by Gasteiger charge is 2.21. The number of benzene rings is 10. The Kier molecular flexibility index (Phi) is 9.43. The van der Waals surface area contributed by atoms with Crippen LogP contribution in [0.3, 0.4) is 0 Å². The number of hydrogen-bond donors (Lipinski definition) is 0. The van der Waals surface area contributed by atoms with E-state index in [1.165, 1.54) is 32.7 Å². The first-order valence-corrected chi connectivity index (χ1v) is 23.0. The second kappa shape index (κ2) is 16.4. The van der Waals surface area contributed by atoms with E-state index in [1.54, 1.807) is 0 Å². The molecule has 5 nitrogen and oxygen atoms in total.